The van der Waals surface area contributed by atoms with E-state index in [1.54, 1.807) is 26.0 Å². The summed E-state index contributed by atoms with van der Waals surface area (Å²) in [4.78, 5) is 36.3. The van der Waals surface area contributed by atoms with E-state index in [-0.39, 0.29) is 12.5 Å². The number of hydrogen-bond donors (Lipinski definition) is 1. The van der Waals surface area contributed by atoms with Crippen molar-refractivity contribution in [3.8, 4) is 0 Å². The molecule has 1 heterocycles. The summed E-state index contributed by atoms with van der Waals surface area (Å²) in [5, 5.41) is 2.54. The number of carbonyl (C=O) groups is 2. The summed E-state index contributed by atoms with van der Waals surface area (Å²) in [5.74, 6) is -0.693. The van der Waals surface area contributed by atoms with Gasteiger partial charge in [-0.15, -0.1) is 0 Å². The first-order valence-corrected chi connectivity index (χ1v) is 7.68. The largest absolute Gasteiger partial charge is 0.445 e. The molecule has 0 radical (unpaired) electrons. The van der Waals surface area contributed by atoms with Gasteiger partial charge in [-0.1, -0.05) is 50.2 Å². The van der Waals surface area contributed by atoms with E-state index >= 15 is 0 Å². The van der Waals surface area contributed by atoms with Crippen LogP contribution in [0.5, 0.6) is 0 Å². The predicted octanol–water partition coefficient (Wildman–Crippen LogP) is 2.44. The van der Waals surface area contributed by atoms with E-state index in [1.807, 2.05) is 30.3 Å². The molecule has 0 fully saturated rings. The molecule has 1 amide bonds. The zero-order valence-corrected chi connectivity index (χ0v) is 13.6. The minimum absolute atomic E-state index is 0.108. The van der Waals surface area contributed by atoms with Gasteiger partial charge in [-0.3, -0.25) is 14.2 Å². The van der Waals surface area contributed by atoms with Gasteiger partial charge in [0.1, 0.15) is 12.6 Å². The Balaban J connectivity index is 2.03. The third-order valence-corrected chi connectivity index (χ3v) is 3.48. The van der Waals surface area contributed by atoms with Crippen molar-refractivity contribution in [3.05, 3.63) is 70.6 Å². The minimum atomic E-state index is -0.853. The molecule has 2 aromatic rings. The van der Waals surface area contributed by atoms with Gasteiger partial charge in [0.25, 0.3) is 11.5 Å². The van der Waals surface area contributed by atoms with Gasteiger partial charge in [-0.05, 0) is 17.5 Å². The van der Waals surface area contributed by atoms with Crippen molar-refractivity contribution in [2.75, 3.05) is 0 Å². The first-order valence-electron chi connectivity index (χ1n) is 7.68. The Hall–Kier alpha value is -2.89. The van der Waals surface area contributed by atoms with Crippen LogP contribution in [0, 0.1) is 5.92 Å². The van der Waals surface area contributed by atoms with Crippen molar-refractivity contribution < 1.29 is 14.3 Å². The number of ether oxygens (including phenoxy) is 1. The Morgan fingerprint density at radius 3 is 2.38 bits per heavy atom. The standard InChI is InChI=1S/C18H20N2O4/c1-13(2)16(17(22)20-11-7-6-10-15(20)21)19-18(23)24-12-14-8-4-3-5-9-14/h3-11,13,16H,12H2,1-2H3,(H,19,23)/t16-/m0/s1. The highest BCUT2D eigenvalue weighted by Gasteiger charge is 2.26. The van der Waals surface area contributed by atoms with Crippen LogP contribution in [0.2, 0.25) is 0 Å². The Morgan fingerprint density at radius 1 is 1.08 bits per heavy atom. The van der Waals surface area contributed by atoms with E-state index < -0.39 is 23.6 Å². The quantitative estimate of drug-likeness (QED) is 0.914. The zero-order valence-electron chi connectivity index (χ0n) is 13.6. The molecule has 2 rings (SSSR count). The van der Waals surface area contributed by atoms with Crippen LogP contribution in [0.4, 0.5) is 4.79 Å². The number of aromatic nitrogens is 1. The van der Waals surface area contributed by atoms with Gasteiger partial charge < -0.3 is 10.1 Å². The Bertz CT molecular complexity index is 753. The average molecular weight is 328 g/mol. The molecule has 0 aliphatic heterocycles. The van der Waals surface area contributed by atoms with Crippen molar-refractivity contribution in [1.29, 1.82) is 0 Å². The number of alkyl carbamates (subject to hydrolysis) is 1. The molecule has 0 aliphatic carbocycles. The number of pyridine rings is 1. The Labute approximate surface area is 140 Å². The summed E-state index contributed by atoms with van der Waals surface area (Å²) in [6, 6.07) is 12.8. The van der Waals surface area contributed by atoms with E-state index in [4.69, 9.17) is 4.74 Å². The van der Waals surface area contributed by atoms with Crippen molar-refractivity contribution in [3.63, 3.8) is 0 Å². The molecule has 0 aliphatic rings. The second-order valence-corrected chi connectivity index (χ2v) is 5.67. The van der Waals surface area contributed by atoms with Gasteiger partial charge in [0.05, 0.1) is 0 Å². The maximum absolute atomic E-state index is 12.5. The molecule has 6 nitrogen and oxygen atoms in total. The van der Waals surface area contributed by atoms with Gasteiger partial charge in [0.2, 0.25) is 0 Å². The lowest BCUT2D eigenvalue weighted by molar-refractivity contribution is 0.0800. The number of amides is 1. The molecule has 0 unspecified atom stereocenters. The van der Waals surface area contributed by atoms with Crippen LogP contribution in [0.3, 0.4) is 0 Å². The maximum Gasteiger partial charge on any atom is 0.408 e. The summed E-state index contributed by atoms with van der Waals surface area (Å²) in [5.41, 5.74) is 0.409. The van der Waals surface area contributed by atoms with Crippen LogP contribution < -0.4 is 10.9 Å². The van der Waals surface area contributed by atoms with Crippen molar-refractivity contribution >= 4 is 12.0 Å². The van der Waals surface area contributed by atoms with Crippen LogP contribution in [-0.2, 0) is 11.3 Å². The summed E-state index contributed by atoms with van der Waals surface area (Å²) >= 11 is 0. The number of carbonyl (C=O) groups excluding carboxylic acids is 2. The molecule has 1 atom stereocenters. The van der Waals surface area contributed by atoms with Gasteiger partial charge in [0, 0.05) is 12.3 Å². The van der Waals surface area contributed by atoms with Crippen molar-refractivity contribution in [2.45, 2.75) is 26.5 Å². The number of benzene rings is 1. The number of nitrogens with one attached hydrogen (secondary N) is 1. The molecule has 1 aromatic heterocycles. The molecule has 24 heavy (non-hydrogen) atoms. The summed E-state index contributed by atoms with van der Waals surface area (Å²) < 4.78 is 6.12. The molecule has 0 bridgehead atoms. The molecule has 6 heteroatoms. The van der Waals surface area contributed by atoms with Crippen LogP contribution in [0.15, 0.2) is 59.5 Å². The van der Waals surface area contributed by atoms with E-state index in [9.17, 15) is 14.4 Å². The second-order valence-electron chi connectivity index (χ2n) is 5.67. The highest BCUT2D eigenvalue weighted by Crippen LogP contribution is 2.06. The minimum Gasteiger partial charge on any atom is -0.445 e. The van der Waals surface area contributed by atoms with Crippen molar-refractivity contribution in [2.24, 2.45) is 5.92 Å². The third-order valence-electron chi connectivity index (χ3n) is 3.48. The van der Waals surface area contributed by atoms with Gasteiger partial charge in [-0.25, -0.2) is 4.79 Å². The molecule has 0 spiro atoms. The highest BCUT2D eigenvalue weighted by atomic mass is 16.5. The molecule has 1 aromatic carbocycles. The number of rotatable bonds is 5. The summed E-state index contributed by atoms with van der Waals surface area (Å²) in [7, 11) is 0. The van der Waals surface area contributed by atoms with Crippen LogP contribution in [-0.4, -0.2) is 22.6 Å². The lowest BCUT2D eigenvalue weighted by atomic mass is 10.0. The lowest BCUT2D eigenvalue weighted by Crippen LogP contribution is -2.48. The van der Waals surface area contributed by atoms with Crippen LogP contribution in [0.1, 0.15) is 24.2 Å². The van der Waals surface area contributed by atoms with Crippen molar-refractivity contribution in [1.82, 2.24) is 9.88 Å². The van der Waals surface area contributed by atoms with E-state index in [2.05, 4.69) is 5.32 Å². The smallest absolute Gasteiger partial charge is 0.408 e. The molecule has 126 valence electrons. The molecule has 0 saturated carbocycles. The van der Waals surface area contributed by atoms with Crippen LogP contribution >= 0.6 is 0 Å². The molecular formula is C18H20N2O4. The zero-order chi connectivity index (χ0) is 17.5. The van der Waals surface area contributed by atoms with E-state index in [0.717, 1.165) is 10.1 Å². The first-order chi connectivity index (χ1) is 11.5. The summed E-state index contributed by atoms with van der Waals surface area (Å²) in [6.07, 6.45) is 0.687. The topological polar surface area (TPSA) is 77.4 Å². The second kappa shape index (κ2) is 8.10. The van der Waals surface area contributed by atoms with Crippen LogP contribution in [0.25, 0.3) is 0 Å². The monoisotopic (exact) mass is 328 g/mol. The van der Waals surface area contributed by atoms with Gasteiger partial charge in [-0.2, -0.15) is 0 Å². The highest BCUT2D eigenvalue weighted by molar-refractivity contribution is 5.87. The number of nitrogens with zero attached hydrogens (tertiary/aromatic N) is 1. The van der Waals surface area contributed by atoms with Gasteiger partial charge >= 0.3 is 6.09 Å². The maximum atomic E-state index is 12.5. The van der Waals surface area contributed by atoms with Gasteiger partial charge in [0.15, 0.2) is 0 Å². The number of hydrogen-bond acceptors (Lipinski definition) is 4. The third kappa shape index (κ3) is 4.55. The fourth-order valence-electron chi connectivity index (χ4n) is 2.16. The molecular weight excluding hydrogens is 308 g/mol. The molecule has 0 saturated heterocycles. The lowest BCUT2D eigenvalue weighted by Gasteiger charge is -2.21. The fraction of sp³-hybridized carbons (Fsp3) is 0.278. The normalized spacial score (nSPS) is 11.8. The Morgan fingerprint density at radius 2 is 1.75 bits per heavy atom. The Kier molecular flexibility index (Phi) is 5.89. The average Bonchev–Trinajstić information content (AvgIpc) is 2.58. The summed E-state index contributed by atoms with van der Waals surface area (Å²) in [6.45, 7) is 3.68. The van der Waals surface area contributed by atoms with E-state index in [0.29, 0.717) is 0 Å². The fourth-order valence-corrected chi connectivity index (χ4v) is 2.16. The SMILES string of the molecule is CC(C)[C@H](NC(=O)OCc1ccccc1)C(=O)n1ccccc1=O. The predicted molar refractivity (Wildman–Crippen MR) is 89.7 cm³/mol. The first kappa shape index (κ1) is 17.5. The van der Waals surface area contributed by atoms with E-state index in [1.165, 1.54) is 12.3 Å². The molecule has 1 N–H and O–H groups in total.